The molecule has 0 saturated carbocycles. The van der Waals surface area contributed by atoms with Crippen LogP contribution in [0.1, 0.15) is 0 Å². The molecule has 56 heavy (non-hydrogen) atoms. The van der Waals surface area contributed by atoms with Gasteiger partial charge in [0.25, 0.3) is 0 Å². The molecule has 4 heteroatoms. The molecule has 0 fully saturated rings. The molecule has 10 aromatic rings. The number of fused-ring (bicyclic) bond motifs is 6. The van der Waals surface area contributed by atoms with Crippen molar-refractivity contribution < 1.29 is 0 Å². The van der Waals surface area contributed by atoms with Crippen molar-refractivity contribution in [1.82, 2.24) is 14.5 Å². The van der Waals surface area contributed by atoms with Gasteiger partial charge in [0, 0.05) is 28.2 Å². The highest BCUT2D eigenvalue weighted by molar-refractivity contribution is 7.22. The Balaban J connectivity index is 1.01. The SMILES string of the molecule is c1ccc(-c2cccc(-c3ccc(-n4c5ccccc5c5cnc(-c6ccc([Si]7(c8ccccc8)c8ccccc8-c8ccccc87)cc6)nc54)cc3)c2)cc1. The third-order valence-corrected chi connectivity index (χ3v) is 16.5. The third-order valence-electron chi connectivity index (χ3n) is 11.6. The molecule has 0 unspecified atom stereocenters. The molecule has 2 aromatic heterocycles. The van der Waals surface area contributed by atoms with Crippen molar-refractivity contribution in [3.05, 3.63) is 212 Å². The second-order valence-electron chi connectivity index (χ2n) is 14.6. The van der Waals surface area contributed by atoms with Crippen LogP contribution in [-0.4, -0.2) is 22.6 Å². The smallest absolute Gasteiger partial charge is 0.180 e. The average Bonchev–Trinajstić information content (AvgIpc) is 3.78. The number of nitrogens with zero attached hydrogens (tertiary/aromatic N) is 3. The molecule has 11 rings (SSSR count). The first-order valence-electron chi connectivity index (χ1n) is 19.2. The van der Waals surface area contributed by atoms with E-state index in [0.717, 1.165) is 33.2 Å². The van der Waals surface area contributed by atoms with Gasteiger partial charge in [0.15, 0.2) is 13.9 Å². The molecule has 1 aliphatic heterocycles. The zero-order chi connectivity index (χ0) is 37.1. The lowest BCUT2D eigenvalue weighted by Gasteiger charge is -2.31. The van der Waals surface area contributed by atoms with Crippen LogP contribution in [0.5, 0.6) is 0 Å². The summed E-state index contributed by atoms with van der Waals surface area (Å²) in [5.41, 5.74) is 11.5. The van der Waals surface area contributed by atoms with E-state index in [1.807, 2.05) is 6.20 Å². The van der Waals surface area contributed by atoms with E-state index in [1.165, 1.54) is 54.1 Å². The fraction of sp³-hybridized carbons (Fsp3) is 0. The highest BCUT2D eigenvalue weighted by Gasteiger charge is 2.48. The van der Waals surface area contributed by atoms with Gasteiger partial charge in [-0.05, 0) is 78.4 Å². The summed E-state index contributed by atoms with van der Waals surface area (Å²) in [6, 6.07) is 74.9. The summed E-state index contributed by atoms with van der Waals surface area (Å²) in [5.74, 6) is 0.713. The highest BCUT2D eigenvalue weighted by atomic mass is 28.3. The van der Waals surface area contributed by atoms with Crippen molar-refractivity contribution in [3.63, 3.8) is 0 Å². The van der Waals surface area contributed by atoms with Gasteiger partial charge >= 0.3 is 0 Å². The molecule has 0 bridgehead atoms. The first-order chi connectivity index (χ1) is 27.8. The Morgan fingerprint density at radius 2 is 0.929 bits per heavy atom. The molecular formula is C52H35N3Si. The van der Waals surface area contributed by atoms with Crippen molar-refractivity contribution in [1.29, 1.82) is 0 Å². The lowest BCUT2D eigenvalue weighted by atomic mass is 9.99. The van der Waals surface area contributed by atoms with Crippen LogP contribution in [0.15, 0.2) is 212 Å². The molecule has 0 aliphatic carbocycles. The summed E-state index contributed by atoms with van der Waals surface area (Å²) in [6.07, 6.45) is 2.00. The van der Waals surface area contributed by atoms with Gasteiger partial charge in [-0.1, -0.05) is 182 Å². The number of aromatic nitrogens is 3. The molecule has 1 aliphatic rings. The normalized spacial score (nSPS) is 12.8. The second-order valence-corrected chi connectivity index (χ2v) is 18.3. The largest absolute Gasteiger partial charge is 0.294 e. The summed E-state index contributed by atoms with van der Waals surface area (Å²) in [5, 5.41) is 7.81. The van der Waals surface area contributed by atoms with Crippen LogP contribution >= 0.6 is 0 Å². The monoisotopic (exact) mass is 729 g/mol. The van der Waals surface area contributed by atoms with Crippen LogP contribution in [-0.2, 0) is 0 Å². The molecule has 0 atom stereocenters. The third kappa shape index (κ3) is 4.97. The van der Waals surface area contributed by atoms with Gasteiger partial charge in [-0.3, -0.25) is 4.57 Å². The van der Waals surface area contributed by atoms with E-state index in [-0.39, 0.29) is 0 Å². The molecule has 262 valence electrons. The average molecular weight is 730 g/mol. The molecule has 8 aromatic carbocycles. The quantitative estimate of drug-likeness (QED) is 0.160. The zero-order valence-electron chi connectivity index (χ0n) is 30.5. The van der Waals surface area contributed by atoms with Crippen LogP contribution in [0.2, 0.25) is 0 Å². The molecule has 0 N–H and O–H groups in total. The van der Waals surface area contributed by atoms with E-state index >= 15 is 0 Å². The van der Waals surface area contributed by atoms with Crippen LogP contribution in [0, 0.1) is 0 Å². The number of rotatable bonds is 6. The summed E-state index contributed by atoms with van der Waals surface area (Å²) in [7, 11) is -2.56. The van der Waals surface area contributed by atoms with Crippen molar-refractivity contribution in [2.75, 3.05) is 0 Å². The Morgan fingerprint density at radius 1 is 0.393 bits per heavy atom. The van der Waals surface area contributed by atoms with Crippen molar-refractivity contribution in [3.8, 4) is 50.5 Å². The van der Waals surface area contributed by atoms with E-state index in [2.05, 4.69) is 211 Å². The summed E-state index contributed by atoms with van der Waals surface area (Å²) in [4.78, 5) is 10.3. The van der Waals surface area contributed by atoms with Crippen molar-refractivity contribution in [2.45, 2.75) is 0 Å². The Morgan fingerprint density at radius 3 is 1.62 bits per heavy atom. The minimum Gasteiger partial charge on any atom is -0.294 e. The fourth-order valence-corrected chi connectivity index (χ4v) is 14.2. The van der Waals surface area contributed by atoms with Crippen molar-refractivity contribution in [2.24, 2.45) is 0 Å². The lowest BCUT2D eigenvalue weighted by Crippen LogP contribution is -2.72. The maximum Gasteiger partial charge on any atom is 0.180 e. The van der Waals surface area contributed by atoms with E-state index in [0.29, 0.717) is 5.82 Å². The first-order valence-corrected chi connectivity index (χ1v) is 21.2. The molecular weight excluding hydrogens is 695 g/mol. The Bertz CT molecular complexity index is 3010. The van der Waals surface area contributed by atoms with Crippen LogP contribution < -0.4 is 20.7 Å². The number of hydrogen-bond acceptors (Lipinski definition) is 2. The zero-order valence-corrected chi connectivity index (χ0v) is 31.5. The fourth-order valence-electron chi connectivity index (χ4n) is 9.04. The van der Waals surface area contributed by atoms with Gasteiger partial charge < -0.3 is 0 Å². The van der Waals surface area contributed by atoms with Crippen LogP contribution in [0.25, 0.3) is 72.4 Å². The van der Waals surface area contributed by atoms with E-state index in [4.69, 9.17) is 9.97 Å². The Hall–Kier alpha value is -7.14. The minimum atomic E-state index is -2.56. The van der Waals surface area contributed by atoms with Gasteiger partial charge in [0.2, 0.25) is 0 Å². The lowest BCUT2D eigenvalue weighted by molar-refractivity contribution is 1.11. The van der Waals surface area contributed by atoms with Gasteiger partial charge in [0.05, 0.1) is 5.52 Å². The topological polar surface area (TPSA) is 30.7 Å². The summed E-state index contributed by atoms with van der Waals surface area (Å²) in [6.45, 7) is 0. The molecule has 0 amide bonds. The van der Waals surface area contributed by atoms with Crippen LogP contribution in [0.3, 0.4) is 0 Å². The molecule has 0 saturated heterocycles. The van der Waals surface area contributed by atoms with Crippen molar-refractivity contribution >= 4 is 50.8 Å². The van der Waals surface area contributed by atoms with Gasteiger partial charge in [-0.15, -0.1) is 0 Å². The molecule has 0 spiro atoms. The molecule has 3 nitrogen and oxygen atoms in total. The maximum atomic E-state index is 5.32. The van der Waals surface area contributed by atoms with Gasteiger partial charge in [0.1, 0.15) is 5.65 Å². The Labute approximate surface area is 326 Å². The Kier molecular flexibility index (Phi) is 7.51. The first kappa shape index (κ1) is 32.3. The maximum absolute atomic E-state index is 5.32. The second kappa shape index (κ2) is 13.0. The van der Waals surface area contributed by atoms with E-state index < -0.39 is 8.07 Å². The number of benzene rings is 8. The summed E-state index contributed by atoms with van der Waals surface area (Å²) >= 11 is 0. The number of hydrogen-bond donors (Lipinski definition) is 0. The van der Waals surface area contributed by atoms with E-state index in [1.54, 1.807) is 0 Å². The predicted molar refractivity (Wildman–Crippen MR) is 235 cm³/mol. The standard InChI is InChI=1S/C52H35N3Si/c1-3-14-36(15-4-1)39-16-13-17-40(34-39)37-26-30-41(31-27-37)55-48-23-10-7-20-44(48)47-35-53-51(54-52(47)55)38-28-32-43(33-29-38)56(42-18-5-2-6-19-42)49-24-11-8-21-45(49)46-22-9-12-25-50(46)56/h1-35H. The van der Waals surface area contributed by atoms with Gasteiger partial charge in [-0.25, -0.2) is 9.97 Å². The molecule has 0 radical (unpaired) electrons. The molecule has 3 heterocycles. The highest BCUT2D eigenvalue weighted by Crippen LogP contribution is 2.34. The summed E-state index contributed by atoms with van der Waals surface area (Å²) < 4.78 is 2.28. The predicted octanol–water partition coefficient (Wildman–Crippen LogP) is 9.93. The van der Waals surface area contributed by atoms with Gasteiger partial charge in [-0.2, -0.15) is 0 Å². The minimum absolute atomic E-state index is 0.713. The van der Waals surface area contributed by atoms with Crippen LogP contribution in [0.4, 0.5) is 0 Å². The number of para-hydroxylation sites is 1. The van der Waals surface area contributed by atoms with E-state index in [9.17, 15) is 0 Å².